The molecule has 4 rings (SSSR count). The van der Waals surface area contributed by atoms with E-state index >= 15 is 0 Å². The molecular weight excluding hydrogens is 370 g/mol. The number of piperazine rings is 1. The highest BCUT2D eigenvalue weighted by atomic mass is 32.2. The average molecular weight is 389 g/mol. The van der Waals surface area contributed by atoms with E-state index < -0.39 is 10.0 Å². The van der Waals surface area contributed by atoms with Gasteiger partial charge in [0.05, 0.1) is 10.6 Å². The normalized spacial score (nSPS) is 17.8. The lowest BCUT2D eigenvalue weighted by Crippen LogP contribution is -2.49. The highest BCUT2D eigenvalue weighted by Gasteiger charge is 2.32. The number of nitrogens with one attached hydrogen (secondary N) is 1. The van der Waals surface area contributed by atoms with Crippen LogP contribution in [0.2, 0.25) is 0 Å². The van der Waals surface area contributed by atoms with E-state index in [1.807, 2.05) is 4.90 Å². The molecule has 0 unspecified atom stereocenters. The van der Waals surface area contributed by atoms with Crippen molar-refractivity contribution in [3.8, 4) is 5.75 Å². The van der Waals surface area contributed by atoms with E-state index in [4.69, 9.17) is 4.74 Å². The Morgan fingerprint density at radius 1 is 1.11 bits per heavy atom. The molecule has 27 heavy (non-hydrogen) atoms. The molecule has 2 aliphatic heterocycles. The maximum absolute atomic E-state index is 13.1. The van der Waals surface area contributed by atoms with Gasteiger partial charge in [0, 0.05) is 44.6 Å². The van der Waals surface area contributed by atoms with Crippen LogP contribution in [0.3, 0.4) is 0 Å². The topological polar surface area (TPSA) is 105 Å². The van der Waals surface area contributed by atoms with Gasteiger partial charge in [-0.15, -0.1) is 0 Å². The summed E-state index contributed by atoms with van der Waals surface area (Å²) in [6.45, 7) is 3.30. The summed E-state index contributed by atoms with van der Waals surface area (Å²) < 4.78 is 33.1. The molecule has 0 spiro atoms. The first-order chi connectivity index (χ1) is 12.9. The van der Waals surface area contributed by atoms with Crippen molar-refractivity contribution in [1.29, 1.82) is 0 Å². The molecule has 1 aromatic heterocycles. The lowest BCUT2D eigenvalue weighted by molar-refractivity contribution is -0.118. The number of nitrogens with zero attached hydrogens (tertiary/aromatic N) is 4. The monoisotopic (exact) mass is 389 g/mol. The van der Waals surface area contributed by atoms with Crippen molar-refractivity contribution in [3.05, 3.63) is 36.2 Å². The van der Waals surface area contributed by atoms with Crippen LogP contribution in [0.1, 0.15) is 5.56 Å². The molecule has 1 fully saturated rings. The Morgan fingerprint density at radius 3 is 2.52 bits per heavy atom. The minimum Gasteiger partial charge on any atom is -0.482 e. The highest BCUT2D eigenvalue weighted by molar-refractivity contribution is 7.89. The number of anilines is 2. The van der Waals surface area contributed by atoms with Crippen LogP contribution in [-0.2, 0) is 14.8 Å². The first kappa shape index (κ1) is 17.7. The molecule has 1 saturated heterocycles. The quantitative estimate of drug-likeness (QED) is 0.821. The number of aryl methyl sites for hydroxylation is 1. The molecule has 1 amide bonds. The maximum Gasteiger partial charge on any atom is 0.262 e. The van der Waals surface area contributed by atoms with Gasteiger partial charge >= 0.3 is 0 Å². The summed E-state index contributed by atoms with van der Waals surface area (Å²) in [5.74, 6) is 0.718. The number of benzene rings is 1. The lowest BCUT2D eigenvalue weighted by atomic mass is 10.2. The van der Waals surface area contributed by atoms with Crippen LogP contribution in [0.4, 0.5) is 11.6 Å². The van der Waals surface area contributed by atoms with Crippen LogP contribution >= 0.6 is 0 Å². The summed E-state index contributed by atoms with van der Waals surface area (Å²) in [5.41, 5.74) is 1.06. The molecule has 10 heteroatoms. The molecule has 0 aliphatic carbocycles. The molecular formula is C17H19N5O4S. The van der Waals surface area contributed by atoms with Crippen molar-refractivity contribution >= 4 is 27.6 Å². The fraction of sp³-hybridized carbons (Fsp3) is 0.353. The fourth-order valence-electron chi connectivity index (χ4n) is 3.22. The molecule has 0 radical (unpaired) electrons. The number of carbonyl (C=O) groups is 1. The minimum absolute atomic E-state index is 0.120. The first-order valence-electron chi connectivity index (χ1n) is 8.54. The van der Waals surface area contributed by atoms with Crippen LogP contribution in [-0.4, -0.2) is 61.4 Å². The molecule has 0 bridgehead atoms. The summed E-state index contributed by atoms with van der Waals surface area (Å²) in [6, 6.07) is 4.87. The number of carbonyl (C=O) groups excluding carboxylic acids is 1. The van der Waals surface area contributed by atoms with Crippen molar-refractivity contribution < 1.29 is 17.9 Å². The molecule has 2 aromatic rings. The fourth-order valence-corrected chi connectivity index (χ4v) is 4.86. The van der Waals surface area contributed by atoms with Gasteiger partial charge in [-0.2, -0.15) is 4.31 Å². The number of hydrogen-bond acceptors (Lipinski definition) is 7. The molecule has 2 aliphatic rings. The number of aromatic nitrogens is 2. The van der Waals surface area contributed by atoms with Crippen LogP contribution < -0.4 is 15.0 Å². The molecule has 0 atom stereocenters. The first-order valence-corrected chi connectivity index (χ1v) is 9.98. The van der Waals surface area contributed by atoms with E-state index in [1.165, 1.54) is 10.4 Å². The van der Waals surface area contributed by atoms with E-state index in [-0.39, 0.29) is 17.4 Å². The molecule has 3 heterocycles. The standard InChI is InChI=1S/C17H19N5O4S/c1-12-9-13-14(26-11-16(23)20-13)10-15(12)27(24,25)22-7-5-21(6-8-22)17-18-3-2-4-19-17/h2-4,9-10H,5-8,11H2,1H3,(H,20,23). The third-order valence-electron chi connectivity index (χ3n) is 4.60. The van der Waals surface area contributed by atoms with E-state index in [0.29, 0.717) is 49.1 Å². The van der Waals surface area contributed by atoms with Crippen LogP contribution in [0, 0.1) is 6.92 Å². The second-order valence-electron chi connectivity index (χ2n) is 6.39. The molecule has 142 valence electrons. The summed E-state index contributed by atoms with van der Waals surface area (Å²) in [5, 5.41) is 2.69. The van der Waals surface area contributed by atoms with Crippen LogP contribution in [0.15, 0.2) is 35.5 Å². The number of hydrogen-bond donors (Lipinski definition) is 1. The number of rotatable bonds is 3. The van der Waals surface area contributed by atoms with E-state index in [2.05, 4.69) is 15.3 Å². The van der Waals surface area contributed by atoms with Crippen molar-refractivity contribution in [3.63, 3.8) is 0 Å². The van der Waals surface area contributed by atoms with Gasteiger partial charge in [-0.25, -0.2) is 18.4 Å². The molecule has 9 nitrogen and oxygen atoms in total. The largest absolute Gasteiger partial charge is 0.482 e. The molecule has 0 saturated carbocycles. The summed E-state index contributed by atoms with van der Waals surface area (Å²) >= 11 is 0. The van der Waals surface area contributed by atoms with Gasteiger partial charge in [0.15, 0.2) is 6.61 Å². The zero-order valence-corrected chi connectivity index (χ0v) is 15.6. The smallest absolute Gasteiger partial charge is 0.262 e. The maximum atomic E-state index is 13.1. The second-order valence-corrected chi connectivity index (χ2v) is 8.30. The Balaban J connectivity index is 1.55. The van der Waals surface area contributed by atoms with Gasteiger partial charge < -0.3 is 15.0 Å². The third-order valence-corrected chi connectivity index (χ3v) is 6.64. The summed E-state index contributed by atoms with van der Waals surface area (Å²) in [7, 11) is -3.67. The predicted molar refractivity (Wildman–Crippen MR) is 98.3 cm³/mol. The number of amides is 1. The van der Waals surface area contributed by atoms with Gasteiger partial charge in [-0.3, -0.25) is 4.79 Å². The van der Waals surface area contributed by atoms with Crippen molar-refractivity contribution in [2.24, 2.45) is 0 Å². The van der Waals surface area contributed by atoms with Gasteiger partial charge in [0.2, 0.25) is 16.0 Å². The van der Waals surface area contributed by atoms with Crippen molar-refractivity contribution in [1.82, 2.24) is 14.3 Å². The molecule has 1 aromatic carbocycles. The Hall–Kier alpha value is -2.72. The van der Waals surface area contributed by atoms with Gasteiger partial charge in [-0.1, -0.05) is 0 Å². The van der Waals surface area contributed by atoms with E-state index in [0.717, 1.165) is 0 Å². The molecule has 1 N–H and O–H groups in total. The predicted octanol–water partition coefficient (Wildman–Crippen LogP) is 0.627. The van der Waals surface area contributed by atoms with Gasteiger partial charge in [0.1, 0.15) is 5.75 Å². The van der Waals surface area contributed by atoms with Crippen LogP contribution in [0.5, 0.6) is 5.75 Å². The lowest BCUT2D eigenvalue weighted by Gasteiger charge is -2.34. The Labute approximate surface area is 157 Å². The number of ether oxygens (including phenoxy) is 1. The number of fused-ring (bicyclic) bond motifs is 1. The Morgan fingerprint density at radius 2 is 1.81 bits per heavy atom. The third kappa shape index (κ3) is 3.33. The summed E-state index contributed by atoms with van der Waals surface area (Å²) in [4.78, 5) is 22.0. The Kier molecular flexibility index (Phi) is 4.44. The average Bonchev–Trinajstić information content (AvgIpc) is 2.68. The second kappa shape index (κ2) is 6.78. The summed E-state index contributed by atoms with van der Waals surface area (Å²) in [6.07, 6.45) is 3.33. The van der Waals surface area contributed by atoms with E-state index in [1.54, 1.807) is 31.5 Å². The van der Waals surface area contributed by atoms with Gasteiger partial charge in [-0.05, 0) is 24.6 Å². The van der Waals surface area contributed by atoms with Crippen molar-refractivity contribution in [2.75, 3.05) is 43.0 Å². The zero-order valence-electron chi connectivity index (χ0n) is 14.8. The van der Waals surface area contributed by atoms with Crippen molar-refractivity contribution in [2.45, 2.75) is 11.8 Å². The van der Waals surface area contributed by atoms with E-state index in [9.17, 15) is 13.2 Å². The number of sulfonamides is 1. The highest BCUT2D eigenvalue weighted by Crippen LogP contribution is 2.34. The zero-order chi connectivity index (χ0) is 19.0. The van der Waals surface area contributed by atoms with Gasteiger partial charge in [0.25, 0.3) is 5.91 Å². The van der Waals surface area contributed by atoms with Crippen LogP contribution in [0.25, 0.3) is 0 Å². The minimum atomic E-state index is -3.67. The SMILES string of the molecule is Cc1cc2c(cc1S(=O)(=O)N1CCN(c3ncccn3)CC1)OCC(=O)N2. The Bertz CT molecular complexity index is 972.